The van der Waals surface area contributed by atoms with Crippen LogP contribution >= 0.6 is 11.3 Å². The van der Waals surface area contributed by atoms with E-state index in [1.807, 2.05) is 0 Å². The van der Waals surface area contributed by atoms with Crippen LogP contribution in [0.25, 0.3) is 0 Å². The zero-order valence-electron chi connectivity index (χ0n) is 10.7. The van der Waals surface area contributed by atoms with E-state index >= 15 is 0 Å². The summed E-state index contributed by atoms with van der Waals surface area (Å²) in [5, 5.41) is 12.8. The second-order valence-electron chi connectivity index (χ2n) is 5.09. The van der Waals surface area contributed by atoms with Crippen LogP contribution in [0.1, 0.15) is 37.5 Å². The highest BCUT2D eigenvalue weighted by molar-refractivity contribution is 7.09. The maximum atomic E-state index is 10.6. The van der Waals surface area contributed by atoms with Gasteiger partial charge in [-0.15, -0.1) is 11.3 Å². The molecule has 1 aliphatic rings. The van der Waals surface area contributed by atoms with Crippen LogP contribution < -0.4 is 0 Å². The van der Waals surface area contributed by atoms with Gasteiger partial charge in [-0.1, -0.05) is 13.0 Å². The lowest BCUT2D eigenvalue weighted by Gasteiger charge is -2.26. The predicted octanol–water partition coefficient (Wildman–Crippen LogP) is 2.92. The molecule has 1 aromatic heterocycles. The third-order valence-electron chi connectivity index (χ3n) is 3.87. The summed E-state index contributed by atoms with van der Waals surface area (Å²) < 4.78 is 0. The van der Waals surface area contributed by atoms with E-state index in [1.54, 1.807) is 11.3 Å². The number of hydrogen-bond acceptors (Lipinski definition) is 3. The second-order valence-corrected chi connectivity index (χ2v) is 6.12. The lowest BCUT2D eigenvalue weighted by molar-refractivity contribution is 0.0175. The average molecular weight is 253 g/mol. The van der Waals surface area contributed by atoms with Gasteiger partial charge < -0.3 is 10.0 Å². The summed E-state index contributed by atoms with van der Waals surface area (Å²) in [5.41, 5.74) is -0.423. The summed E-state index contributed by atoms with van der Waals surface area (Å²) in [6.45, 7) is 5.52. The van der Waals surface area contributed by atoms with Crippen LogP contribution in [0, 0.1) is 0 Å². The molecule has 1 unspecified atom stereocenters. The van der Waals surface area contributed by atoms with Crippen molar-refractivity contribution in [3.05, 3.63) is 22.4 Å². The molecule has 1 atom stereocenters. The molecule has 0 aliphatic carbocycles. The van der Waals surface area contributed by atoms with Gasteiger partial charge >= 0.3 is 0 Å². The third kappa shape index (κ3) is 3.80. The largest absolute Gasteiger partial charge is 0.390 e. The van der Waals surface area contributed by atoms with Gasteiger partial charge in [0, 0.05) is 11.4 Å². The zero-order chi connectivity index (χ0) is 12.1. The fourth-order valence-corrected chi connectivity index (χ4v) is 3.32. The lowest BCUT2D eigenvalue weighted by atomic mass is 9.89. The van der Waals surface area contributed by atoms with E-state index < -0.39 is 5.60 Å². The van der Waals surface area contributed by atoms with Crippen LogP contribution in [0.3, 0.4) is 0 Å². The van der Waals surface area contributed by atoms with E-state index in [0.717, 1.165) is 51.7 Å². The van der Waals surface area contributed by atoms with Crippen molar-refractivity contribution >= 4 is 11.3 Å². The van der Waals surface area contributed by atoms with Gasteiger partial charge in [0.25, 0.3) is 0 Å². The minimum absolute atomic E-state index is 0.423. The Morgan fingerprint density at radius 3 is 3.00 bits per heavy atom. The van der Waals surface area contributed by atoms with Crippen LogP contribution in [0.15, 0.2) is 17.5 Å². The molecule has 0 spiro atoms. The molecule has 0 saturated carbocycles. The summed E-state index contributed by atoms with van der Waals surface area (Å²) >= 11 is 1.80. The number of rotatable bonds is 4. The van der Waals surface area contributed by atoms with E-state index in [0.29, 0.717) is 0 Å². The normalized spacial score (nSPS) is 26.9. The van der Waals surface area contributed by atoms with Crippen molar-refractivity contribution in [2.45, 2.75) is 44.6 Å². The Morgan fingerprint density at radius 1 is 1.41 bits per heavy atom. The van der Waals surface area contributed by atoms with Crippen LogP contribution in [-0.4, -0.2) is 35.2 Å². The molecule has 1 N–H and O–H groups in total. The summed E-state index contributed by atoms with van der Waals surface area (Å²) in [6, 6.07) is 4.26. The van der Waals surface area contributed by atoms with Crippen molar-refractivity contribution < 1.29 is 5.11 Å². The molecule has 96 valence electrons. The Kier molecular flexibility index (Phi) is 4.60. The molecule has 1 saturated heterocycles. The maximum Gasteiger partial charge on any atom is 0.0664 e. The van der Waals surface area contributed by atoms with E-state index in [9.17, 15) is 5.11 Å². The first-order valence-corrected chi connectivity index (χ1v) is 7.57. The number of aryl methyl sites for hydroxylation is 1. The molecule has 0 radical (unpaired) electrons. The highest BCUT2D eigenvalue weighted by Crippen LogP contribution is 2.28. The minimum Gasteiger partial charge on any atom is -0.390 e. The first-order valence-electron chi connectivity index (χ1n) is 6.69. The molecule has 17 heavy (non-hydrogen) atoms. The molecule has 1 fully saturated rings. The monoisotopic (exact) mass is 253 g/mol. The Hall–Kier alpha value is -0.380. The second kappa shape index (κ2) is 5.98. The predicted molar refractivity (Wildman–Crippen MR) is 73.6 cm³/mol. The Labute approximate surface area is 108 Å². The Morgan fingerprint density at radius 2 is 2.29 bits per heavy atom. The van der Waals surface area contributed by atoms with Crippen LogP contribution in [0.4, 0.5) is 0 Å². The third-order valence-corrected chi connectivity index (χ3v) is 4.81. The average Bonchev–Trinajstić information content (AvgIpc) is 2.77. The quantitative estimate of drug-likeness (QED) is 0.892. The van der Waals surface area contributed by atoms with E-state index in [2.05, 4.69) is 29.3 Å². The maximum absolute atomic E-state index is 10.6. The molecular formula is C14H23NOS. The Bertz CT molecular complexity index is 325. The molecule has 0 amide bonds. The number of aliphatic hydroxyl groups is 1. The molecule has 0 aromatic carbocycles. The Balaban J connectivity index is 1.85. The van der Waals surface area contributed by atoms with Gasteiger partial charge in [0.1, 0.15) is 0 Å². The van der Waals surface area contributed by atoms with Crippen LogP contribution in [0.5, 0.6) is 0 Å². The highest BCUT2D eigenvalue weighted by atomic mass is 32.1. The highest BCUT2D eigenvalue weighted by Gasteiger charge is 2.29. The summed E-state index contributed by atoms with van der Waals surface area (Å²) in [5.74, 6) is 0. The molecule has 1 aromatic rings. The van der Waals surface area contributed by atoms with Gasteiger partial charge in [-0.25, -0.2) is 0 Å². The number of thiophene rings is 1. The van der Waals surface area contributed by atoms with E-state index in [1.165, 1.54) is 4.88 Å². The fourth-order valence-electron chi connectivity index (χ4n) is 2.61. The SMILES string of the molecule is CCN1CCCC(O)(CCc2cccs2)CC1. The van der Waals surface area contributed by atoms with Crippen molar-refractivity contribution in [3.8, 4) is 0 Å². The molecule has 2 nitrogen and oxygen atoms in total. The standard InChI is InChI=1S/C14H23NOS/c1-2-15-10-4-7-14(16,9-11-15)8-6-13-5-3-12-17-13/h3,5,12,16H,2,4,6-11H2,1H3. The van der Waals surface area contributed by atoms with Crippen LogP contribution in [0.2, 0.25) is 0 Å². The molecular weight excluding hydrogens is 230 g/mol. The number of hydrogen-bond donors (Lipinski definition) is 1. The zero-order valence-corrected chi connectivity index (χ0v) is 11.5. The van der Waals surface area contributed by atoms with E-state index in [4.69, 9.17) is 0 Å². The molecule has 2 rings (SSSR count). The van der Waals surface area contributed by atoms with Gasteiger partial charge in [-0.2, -0.15) is 0 Å². The lowest BCUT2D eigenvalue weighted by Crippen LogP contribution is -2.31. The van der Waals surface area contributed by atoms with Gasteiger partial charge in [0.2, 0.25) is 0 Å². The van der Waals surface area contributed by atoms with Gasteiger partial charge in [0.05, 0.1) is 5.60 Å². The summed E-state index contributed by atoms with van der Waals surface area (Å²) in [4.78, 5) is 3.85. The van der Waals surface area contributed by atoms with E-state index in [-0.39, 0.29) is 0 Å². The summed E-state index contributed by atoms with van der Waals surface area (Å²) in [6.07, 6.45) is 4.99. The van der Waals surface area contributed by atoms with Crippen molar-refractivity contribution in [2.75, 3.05) is 19.6 Å². The molecule has 3 heteroatoms. The summed E-state index contributed by atoms with van der Waals surface area (Å²) in [7, 11) is 0. The number of nitrogens with zero attached hydrogens (tertiary/aromatic N) is 1. The smallest absolute Gasteiger partial charge is 0.0664 e. The molecule has 1 aliphatic heterocycles. The first kappa shape index (κ1) is 13.1. The minimum atomic E-state index is -0.423. The topological polar surface area (TPSA) is 23.5 Å². The van der Waals surface area contributed by atoms with Gasteiger partial charge in [-0.3, -0.25) is 0 Å². The van der Waals surface area contributed by atoms with Crippen molar-refractivity contribution in [1.29, 1.82) is 0 Å². The van der Waals surface area contributed by atoms with Crippen molar-refractivity contribution in [3.63, 3.8) is 0 Å². The van der Waals surface area contributed by atoms with Crippen molar-refractivity contribution in [2.24, 2.45) is 0 Å². The van der Waals surface area contributed by atoms with Gasteiger partial charge in [0.15, 0.2) is 0 Å². The van der Waals surface area contributed by atoms with Crippen molar-refractivity contribution in [1.82, 2.24) is 4.90 Å². The van der Waals surface area contributed by atoms with Crippen LogP contribution in [-0.2, 0) is 6.42 Å². The molecule has 2 heterocycles. The molecule has 0 bridgehead atoms. The van der Waals surface area contributed by atoms with Gasteiger partial charge in [-0.05, 0) is 56.6 Å². The number of likely N-dealkylation sites (tertiary alicyclic amines) is 1. The first-order chi connectivity index (χ1) is 8.22. The fraction of sp³-hybridized carbons (Fsp3) is 0.714.